The van der Waals surface area contributed by atoms with Crippen LogP contribution in [0.3, 0.4) is 0 Å². The Morgan fingerprint density at radius 3 is 2.17 bits per heavy atom. The molecule has 128 valence electrons. The number of amides is 2. The second-order valence-electron chi connectivity index (χ2n) is 6.67. The van der Waals surface area contributed by atoms with E-state index in [1.807, 2.05) is 11.6 Å². The van der Waals surface area contributed by atoms with Gasteiger partial charge in [0.05, 0.1) is 4.90 Å². The fraction of sp³-hybridized carbons (Fsp3) is 0.588. The van der Waals surface area contributed by atoms with Gasteiger partial charge in [0.1, 0.15) is 0 Å². The summed E-state index contributed by atoms with van der Waals surface area (Å²) >= 11 is 0. The van der Waals surface area contributed by atoms with Crippen LogP contribution >= 0.6 is 0 Å². The predicted molar refractivity (Wildman–Crippen MR) is 90.8 cm³/mol. The number of hydrogen-bond donors (Lipinski definition) is 1. The Morgan fingerprint density at radius 2 is 1.67 bits per heavy atom. The number of nitrogens with one attached hydrogen (secondary N) is 1. The second-order valence-corrected chi connectivity index (χ2v) is 8.35. The first-order valence-corrected chi connectivity index (χ1v) is 9.60. The Labute approximate surface area is 167 Å². The number of aryl methyl sites for hydroxylation is 1. The van der Waals surface area contributed by atoms with E-state index < -0.39 is 16.1 Å². The first-order chi connectivity index (χ1) is 10.8. The van der Waals surface area contributed by atoms with E-state index in [0.717, 1.165) is 31.2 Å². The molecule has 0 saturated heterocycles. The normalized spacial score (nSPS) is 21.0. The van der Waals surface area contributed by atoms with Gasteiger partial charge in [0.25, 0.3) is 0 Å². The van der Waals surface area contributed by atoms with Crippen molar-refractivity contribution in [1.82, 2.24) is 4.72 Å². The quantitative estimate of drug-likeness (QED) is 0.814. The molecule has 1 aliphatic carbocycles. The third-order valence-corrected chi connectivity index (χ3v) is 5.87. The molecule has 2 rings (SSSR count). The predicted octanol–water partition coefficient (Wildman–Crippen LogP) is 0.986. The zero-order valence-electron chi connectivity index (χ0n) is 15.0. The molecular formula is C17H25N2NaO3S. The number of benzene rings is 1. The molecule has 0 unspecified atom stereocenters. The van der Waals surface area contributed by atoms with Crippen LogP contribution in [0.2, 0.25) is 0 Å². The minimum absolute atomic E-state index is 0. The SMILES string of the molecule is Cc1ccc(S(=O)(=O)NC(=O)[N-]C2CCC(C(C)C)CC2)cc1.[Na+]. The molecule has 0 spiro atoms. The molecule has 7 heteroatoms. The van der Waals surface area contributed by atoms with Gasteiger partial charge in [-0.05, 0) is 36.9 Å². The molecule has 0 heterocycles. The van der Waals surface area contributed by atoms with Crippen LogP contribution in [0.4, 0.5) is 4.79 Å². The fourth-order valence-corrected chi connectivity index (χ4v) is 3.88. The number of carbonyl (C=O) groups excluding carboxylic acids is 1. The van der Waals surface area contributed by atoms with Gasteiger partial charge in [0.2, 0.25) is 10.0 Å². The third kappa shape index (κ3) is 6.06. The number of carbonyl (C=O) groups is 1. The summed E-state index contributed by atoms with van der Waals surface area (Å²) in [5.74, 6) is 1.33. The molecule has 0 aromatic heterocycles. The van der Waals surface area contributed by atoms with Gasteiger partial charge in [0, 0.05) is 0 Å². The van der Waals surface area contributed by atoms with Gasteiger partial charge in [-0.25, -0.2) is 8.42 Å². The summed E-state index contributed by atoms with van der Waals surface area (Å²) in [4.78, 5) is 12.0. The van der Waals surface area contributed by atoms with E-state index in [1.165, 1.54) is 12.1 Å². The van der Waals surface area contributed by atoms with E-state index >= 15 is 0 Å². The van der Waals surface area contributed by atoms with Crippen molar-refractivity contribution in [3.63, 3.8) is 0 Å². The molecular weight excluding hydrogens is 335 g/mol. The molecule has 0 radical (unpaired) electrons. The first kappa shape index (κ1) is 21.5. The monoisotopic (exact) mass is 360 g/mol. The molecule has 0 atom stereocenters. The minimum atomic E-state index is -3.84. The molecule has 24 heavy (non-hydrogen) atoms. The van der Waals surface area contributed by atoms with Gasteiger partial charge in [0.15, 0.2) is 6.03 Å². The van der Waals surface area contributed by atoms with Crippen molar-refractivity contribution in [3.05, 3.63) is 35.1 Å². The van der Waals surface area contributed by atoms with Gasteiger partial charge >= 0.3 is 29.6 Å². The number of sulfonamides is 1. The number of hydrogen-bond acceptors (Lipinski definition) is 3. The fourth-order valence-electron chi connectivity index (χ4n) is 2.98. The van der Waals surface area contributed by atoms with Gasteiger partial charge in [-0.3, -0.25) is 4.79 Å². The van der Waals surface area contributed by atoms with Crippen LogP contribution in [0.1, 0.15) is 45.1 Å². The average Bonchev–Trinajstić information content (AvgIpc) is 2.47. The summed E-state index contributed by atoms with van der Waals surface area (Å²) in [6.45, 7) is 6.30. The van der Waals surface area contributed by atoms with Gasteiger partial charge < -0.3 is 10.0 Å². The van der Waals surface area contributed by atoms with E-state index in [1.54, 1.807) is 12.1 Å². The largest absolute Gasteiger partial charge is 1.00 e. The summed E-state index contributed by atoms with van der Waals surface area (Å²) in [6, 6.07) is 5.53. The maximum absolute atomic E-state index is 12.1. The van der Waals surface area contributed by atoms with Crippen molar-refractivity contribution in [2.45, 2.75) is 57.4 Å². The third-order valence-electron chi connectivity index (χ3n) is 4.54. The number of rotatable bonds is 4. The molecule has 1 saturated carbocycles. The van der Waals surface area contributed by atoms with Crippen molar-refractivity contribution >= 4 is 16.1 Å². The van der Waals surface area contributed by atoms with E-state index in [-0.39, 0.29) is 40.5 Å². The summed E-state index contributed by atoms with van der Waals surface area (Å²) in [7, 11) is -3.84. The molecule has 1 aliphatic rings. The zero-order chi connectivity index (χ0) is 17.0. The second kappa shape index (κ2) is 9.22. The van der Waals surface area contributed by atoms with E-state index in [0.29, 0.717) is 11.8 Å². The molecule has 1 fully saturated rings. The molecule has 0 bridgehead atoms. The molecule has 1 aromatic carbocycles. The molecule has 0 aliphatic heterocycles. The molecule has 2 amide bonds. The standard InChI is InChI=1S/C17H26N2O3S.Na/c1-12(2)14-6-8-15(9-7-14)18-17(20)19-23(21,22)16-10-4-13(3)5-11-16;/h4-5,10-12,14-15H,6-9H2,1-3H3,(H2,18,19,20);/q;+1/p-1. The first-order valence-electron chi connectivity index (χ1n) is 8.12. The molecule has 1 N–H and O–H groups in total. The van der Waals surface area contributed by atoms with E-state index in [2.05, 4.69) is 19.2 Å². The smallest absolute Gasteiger partial charge is 0.427 e. The van der Waals surface area contributed by atoms with Crippen molar-refractivity contribution in [3.8, 4) is 0 Å². The summed E-state index contributed by atoms with van der Waals surface area (Å²) < 4.78 is 26.3. The topological polar surface area (TPSA) is 77.3 Å². The molecule has 1 aromatic rings. The van der Waals surface area contributed by atoms with Crippen LogP contribution in [0, 0.1) is 18.8 Å². The Balaban J connectivity index is 0.00000288. The van der Waals surface area contributed by atoms with Gasteiger partial charge in [-0.15, -0.1) is 0 Å². The minimum Gasteiger partial charge on any atom is -0.427 e. The van der Waals surface area contributed by atoms with Crippen molar-refractivity contribution < 1.29 is 42.8 Å². The Bertz CT molecular complexity index is 636. The summed E-state index contributed by atoms with van der Waals surface area (Å²) in [6.07, 6.45) is 3.79. The van der Waals surface area contributed by atoms with E-state index in [4.69, 9.17) is 0 Å². The summed E-state index contributed by atoms with van der Waals surface area (Å²) in [5, 5.41) is 4.03. The maximum Gasteiger partial charge on any atom is 1.00 e. The Hall–Kier alpha value is -0.560. The average molecular weight is 360 g/mol. The number of nitrogens with zero attached hydrogens (tertiary/aromatic N) is 1. The van der Waals surface area contributed by atoms with Gasteiger partial charge in [-0.2, -0.15) is 0 Å². The Morgan fingerprint density at radius 1 is 1.12 bits per heavy atom. The van der Waals surface area contributed by atoms with Crippen LogP contribution in [-0.2, 0) is 10.0 Å². The van der Waals surface area contributed by atoms with Crippen LogP contribution in [0.5, 0.6) is 0 Å². The Kier molecular flexibility index (Phi) is 8.26. The van der Waals surface area contributed by atoms with Crippen molar-refractivity contribution in [1.29, 1.82) is 0 Å². The number of urea groups is 1. The van der Waals surface area contributed by atoms with Crippen LogP contribution in [0.25, 0.3) is 5.32 Å². The van der Waals surface area contributed by atoms with Gasteiger partial charge in [-0.1, -0.05) is 57.2 Å². The van der Waals surface area contributed by atoms with Crippen molar-refractivity contribution in [2.24, 2.45) is 11.8 Å². The maximum atomic E-state index is 12.1. The summed E-state index contributed by atoms with van der Waals surface area (Å²) in [5.41, 5.74) is 0.960. The zero-order valence-corrected chi connectivity index (χ0v) is 17.8. The van der Waals surface area contributed by atoms with Crippen LogP contribution in [0.15, 0.2) is 29.2 Å². The van der Waals surface area contributed by atoms with E-state index in [9.17, 15) is 13.2 Å². The van der Waals surface area contributed by atoms with Crippen molar-refractivity contribution in [2.75, 3.05) is 0 Å². The van der Waals surface area contributed by atoms with Crippen LogP contribution < -0.4 is 34.3 Å². The molecule has 5 nitrogen and oxygen atoms in total. The van der Waals surface area contributed by atoms with Crippen LogP contribution in [-0.4, -0.2) is 20.5 Å².